The van der Waals surface area contributed by atoms with Crippen molar-refractivity contribution in [3.8, 4) is 5.75 Å². The fraction of sp³-hybridized carbons (Fsp3) is 0.211. The zero-order valence-corrected chi connectivity index (χ0v) is 17.6. The summed E-state index contributed by atoms with van der Waals surface area (Å²) in [5.74, 6) is 1.39. The number of hydrogen-bond acceptors (Lipinski definition) is 5. The van der Waals surface area contributed by atoms with Gasteiger partial charge in [0.1, 0.15) is 5.75 Å². The molecule has 0 fully saturated rings. The van der Waals surface area contributed by atoms with Gasteiger partial charge in [-0.1, -0.05) is 53.2 Å². The molecule has 146 valence electrons. The topological polar surface area (TPSA) is 69.0 Å². The lowest BCUT2D eigenvalue weighted by atomic mass is 10.3. The molecule has 1 N–H and O–H groups in total. The van der Waals surface area contributed by atoms with E-state index in [1.165, 1.54) is 11.8 Å². The van der Waals surface area contributed by atoms with E-state index in [-0.39, 0.29) is 17.8 Å². The first kappa shape index (κ1) is 20.5. The van der Waals surface area contributed by atoms with Crippen LogP contribution in [0.4, 0.5) is 5.69 Å². The van der Waals surface area contributed by atoms with E-state index >= 15 is 0 Å². The van der Waals surface area contributed by atoms with Gasteiger partial charge in [0.05, 0.1) is 16.5 Å². The number of benzene rings is 2. The molecule has 1 atom stereocenters. The number of ether oxygens (including phenoxy) is 1. The highest BCUT2D eigenvalue weighted by molar-refractivity contribution is 7.99. The SMILES string of the molecule is CC(Oc1ccccc1)c1nnc(SCC(=O)Nc2ccc(Cl)cc2Cl)n1C. The van der Waals surface area contributed by atoms with E-state index < -0.39 is 0 Å². The van der Waals surface area contributed by atoms with Crippen molar-refractivity contribution in [3.63, 3.8) is 0 Å². The van der Waals surface area contributed by atoms with Crippen LogP contribution in [0.1, 0.15) is 18.9 Å². The largest absolute Gasteiger partial charge is 0.483 e. The first-order valence-corrected chi connectivity index (χ1v) is 10.2. The lowest BCUT2D eigenvalue weighted by Crippen LogP contribution is -2.15. The van der Waals surface area contributed by atoms with Gasteiger partial charge in [-0.3, -0.25) is 4.79 Å². The van der Waals surface area contributed by atoms with Crippen LogP contribution >= 0.6 is 35.0 Å². The monoisotopic (exact) mass is 436 g/mol. The third-order valence-corrected chi connectivity index (χ3v) is 5.39. The maximum absolute atomic E-state index is 12.2. The molecule has 0 saturated carbocycles. The van der Waals surface area contributed by atoms with Crippen molar-refractivity contribution in [2.45, 2.75) is 18.2 Å². The number of para-hydroxylation sites is 1. The van der Waals surface area contributed by atoms with Crippen molar-refractivity contribution in [1.29, 1.82) is 0 Å². The summed E-state index contributed by atoms with van der Waals surface area (Å²) in [6.07, 6.45) is -0.282. The van der Waals surface area contributed by atoms with Gasteiger partial charge < -0.3 is 14.6 Å². The average Bonchev–Trinajstić information content (AvgIpc) is 3.04. The highest BCUT2D eigenvalue weighted by atomic mass is 35.5. The minimum Gasteiger partial charge on any atom is -0.483 e. The molecule has 0 saturated heterocycles. The molecule has 0 spiro atoms. The highest BCUT2D eigenvalue weighted by Crippen LogP contribution is 2.26. The van der Waals surface area contributed by atoms with Crippen LogP contribution in [-0.4, -0.2) is 26.4 Å². The van der Waals surface area contributed by atoms with Crippen LogP contribution < -0.4 is 10.1 Å². The van der Waals surface area contributed by atoms with Gasteiger partial charge >= 0.3 is 0 Å². The molecule has 0 radical (unpaired) electrons. The maximum atomic E-state index is 12.2. The number of halogens is 2. The molecule has 1 aromatic heterocycles. The van der Waals surface area contributed by atoms with E-state index in [0.717, 1.165) is 5.75 Å². The average molecular weight is 437 g/mol. The Balaban J connectivity index is 1.58. The second-order valence-corrected chi connectivity index (χ2v) is 7.72. The summed E-state index contributed by atoms with van der Waals surface area (Å²) in [6, 6.07) is 14.4. The van der Waals surface area contributed by atoms with Crippen LogP contribution in [0.2, 0.25) is 10.0 Å². The Hall–Kier alpha value is -2.22. The molecule has 1 unspecified atom stereocenters. The molecule has 1 amide bonds. The number of hydrogen-bond donors (Lipinski definition) is 1. The maximum Gasteiger partial charge on any atom is 0.234 e. The summed E-state index contributed by atoms with van der Waals surface area (Å²) in [6.45, 7) is 1.90. The fourth-order valence-electron chi connectivity index (χ4n) is 2.47. The van der Waals surface area contributed by atoms with E-state index in [1.54, 1.807) is 18.2 Å². The van der Waals surface area contributed by atoms with Crippen LogP contribution in [0.15, 0.2) is 53.7 Å². The molecule has 28 heavy (non-hydrogen) atoms. The van der Waals surface area contributed by atoms with Gasteiger partial charge in [0.15, 0.2) is 17.1 Å². The summed E-state index contributed by atoms with van der Waals surface area (Å²) < 4.78 is 7.70. The second kappa shape index (κ2) is 9.32. The molecule has 2 aromatic carbocycles. The Morgan fingerprint density at radius 2 is 1.96 bits per heavy atom. The number of thioether (sulfide) groups is 1. The Morgan fingerprint density at radius 3 is 2.68 bits per heavy atom. The summed E-state index contributed by atoms with van der Waals surface area (Å²) in [4.78, 5) is 12.2. The standard InChI is InChI=1S/C19H18Cl2N4O2S/c1-12(27-14-6-4-3-5-7-14)18-23-24-19(25(18)2)28-11-17(26)22-16-9-8-13(20)10-15(16)21/h3-10,12H,11H2,1-2H3,(H,22,26). The molecule has 0 aliphatic heterocycles. The van der Waals surface area contributed by atoms with Crippen molar-refractivity contribution in [2.24, 2.45) is 7.05 Å². The Kier molecular flexibility index (Phi) is 6.83. The molecular weight excluding hydrogens is 419 g/mol. The van der Waals surface area contributed by atoms with Gasteiger partial charge in [0, 0.05) is 12.1 Å². The molecular formula is C19H18Cl2N4O2S. The van der Waals surface area contributed by atoms with Crippen LogP contribution in [0.3, 0.4) is 0 Å². The molecule has 3 rings (SSSR count). The molecule has 1 heterocycles. The van der Waals surface area contributed by atoms with Crippen LogP contribution in [0.25, 0.3) is 0 Å². The fourth-order valence-corrected chi connectivity index (χ4v) is 3.64. The molecule has 0 bridgehead atoms. The smallest absolute Gasteiger partial charge is 0.234 e. The zero-order chi connectivity index (χ0) is 20.1. The predicted octanol–water partition coefficient (Wildman–Crippen LogP) is 4.99. The first-order valence-electron chi connectivity index (χ1n) is 8.42. The highest BCUT2D eigenvalue weighted by Gasteiger charge is 2.18. The number of nitrogens with one attached hydrogen (secondary N) is 1. The van der Waals surface area contributed by atoms with Gasteiger partial charge in [0.2, 0.25) is 5.91 Å². The summed E-state index contributed by atoms with van der Waals surface area (Å²) in [5, 5.41) is 12.6. The Labute approximate surface area is 177 Å². The van der Waals surface area contributed by atoms with Gasteiger partial charge in [0.25, 0.3) is 0 Å². The number of rotatable bonds is 7. The number of aromatic nitrogens is 3. The van der Waals surface area contributed by atoms with E-state index in [2.05, 4.69) is 15.5 Å². The molecule has 6 nitrogen and oxygen atoms in total. The van der Waals surface area contributed by atoms with Crippen LogP contribution in [0, 0.1) is 0 Å². The van der Waals surface area contributed by atoms with Gasteiger partial charge in [-0.05, 0) is 37.3 Å². The lowest BCUT2D eigenvalue weighted by molar-refractivity contribution is -0.113. The van der Waals surface area contributed by atoms with Gasteiger partial charge in [-0.25, -0.2) is 0 Å². The summed E-state index contributed by atoms with van der Waals surface area (Å²) in [5.41, 5.74) is 0.514. The Morgan fingerprint density at radius 1 is 1.21 bits per heavy atom. The summed E-state index contributed by atoms with van der Waals surface area (Å²) in [7, 11) is 1.84. The molecule has 3 aromatic rings. The third-order valence-electron chi connectivity index (χ3n) is 3.83. The second-order valence-electron chi connectivity index (χ2n) is 5.93. The molecule has 9 heteroatoms. The minimum atomic E-state index is -0.282. The number of carbonyl (C=O) groups is 1. The van der Waals surface area contributed by atoms with E-state index in [1.807, 2.05) is 48.9 Å². The van der Waals surface area contributed by atoms with E-state index in [9.17, 15) is 4.79 Å². The normalized spacial score (nSPS) is 11.9. The van der Waals surface area contributed by atoms with Gasteiger partial charge in [-0.15, -0.1) is 10.2 Å². The van der Waals surface area contributed by atoms with Crippen molar-refractivity contribution in [2.75, 3.05) is 11.1 Å². The summed E-state index contributed by atoms with van der Waals surface area (Å²) >= 11 is 13.2. The zero-order valence-electron chi connectivity index (χ0n) is 15.2. The van der Waals surface area contributed by atoms with Crippen molar-refractivity contribution < 1.29 is 9.53 Å². The van der Waals surface area contributed by atoms with Crippen molar-refractivity contribution in [3.05, 3.63) is 64.4 Å². The van der Waals surface area contributed by atoms with Crippen LogP contribution in [0.5, 0.6) is 5.75 Å². The molecule has 0 aliphatic carbocycles. The first-order chi connectivity index (χ1) is 13.4. The van der Waals surface area contributed by atoms with Crippen molar-refractivity contribution in [1.82, 2.24) is 14.8 Å². The van der Waals surface area contributed by atoms with E-state index in [0.29, 0.717) is 26.7 Å². The van der Waals surface area contributed by atoms with Gasteiger partial charge in [-0.2, -0.15) is 0 Å². The lowest BCUT2D eigenvalue weighted by Gasteiger charge is -2.14. The number of anilines is 1. The minimum absolute atomic E-state index is 0.166. The third kappa shape index (κ3) is 5.19. The Bertz CT molecular complexity index is 966. The van der Waals surface area contributed by atoms with Crippen molar-refractivity contribution >= 4 is 46.6 Å². The molecule has 0 aliphatic rings. The number of amides is 1. The van der Waals surface area contributed by atoms with Crippen LogP contribution in [-0.2, 0) is 11.8 Å². The quantitative estimate of drug-likeness (QED) is 0.528. The van der Waals surface area contributed by atoms with E-state index in [4.69, 9.17) is 27.9 Å². The predicted molar refractivity (Wildman–Crippen MR) is 112 cm³/mol. The number of carbonyl (C=O) groups excluding carboxylic acids is 1. The number of nitrogens with zero attached hydrogens (tertiary/aromatic N) is 3.